The fourth-order valence-corrected chi connectivity index (χ4v) is 1.90. The second-order valence-corrected chi connectivity index (χ2v) is 5.36. The molecule has 0 aliphatic rings. The van der Waals surface area contributed by atoms with Crippen molar-refractivity contribution in [1.29, 1.82) is 0 Å². The van der Waals surface area contributed by atoms with Crippen LogP contribution >= 0.6 is 11.6 Å². The van der Waals surface area contributed by atoms with Crippen molar-refractivity contribution >= 4 is 11.6 Å². The Bertz CT molecular complexity index is 380. The SMILES string of the molecule is CCC(F)c1c(Cl)ccc(C(C)(C)C)c1F. The number of hydrogen-bond donors (Lipinski definition) is 0. The zero-order chi connectivity index (χ0) is 12.5. The van der Waals surface area contributed by atoms with E-state index in [1.165, 1.54) is 0 Å². The summed E-state index contributed by atoms with van der Waals surface area (Å²) in [6.45, 7) is 7.34. The van der Waals surface area contributed by atoms with Crippen LogP contribution in [0.1, 0.15) is 51.4 Å². The molecule has 0 aliphatic carbocycles. The Morgan fingerprint density at radius 1 is 1.31 bits per heavy atom. The van der Waals surface area contributed by atoms with Gasteiger partial charge in [-0.05, 0) is 23.5 Å². The standard InChI is InChI=1S/C13H17ClF2/c1-5-10(15)11-9(14)7-6-8(12(11)16)13(2,3)4/h6-7,10H,5H2,1-4H3. The van der Waals surface area contributed by atoms with Crippen molar-refractivity contribution in [3.05, 3.63) is 34.1 Å². The fraction of sp³-hybridized carbons (Fsp3) is 0.538. The van der Waals surface area contributed by atoms with Crippen LogP contribution in [0.25, 0.3) is 0 Å². The molecule has 0 aliphatic heterocycles. The molecule has 0 fully saturated rings. The summed E-state index contributed by atoms with van der Waals surface area (Å²) in [5, 5.41) is 0.167. The first kappa shape index (κ1) is 13.4. The lowest BCUT2D eigenvalue weighted by Gasteiger charge is -2.22. The molecule has 0 amide bonds. The van der Waals surface area contributed by atoms with Gasteiger partial charge in [-0.15, -0.1) is 0 Å². The minimum Gasteiger partial charge on any atom is -0.242 e. The Morgan fingerprint density at radius 3 is 2.31 bits per heavy atom. The second-order valence-electron chi connectivity index (χ2n) is 4.95. The summed E-state index contributed by atoms with van der Waals surface area (Å²) in [6.07, 6.45) is -1.11. The highest BCUT2D eigenvalue weighted by molar-refractivity contribution is 6.31. The minimum atomic E-state index is -1.34. The van der Waals surface area contributed by atoms with Gasteiger partial charge in [-0.25, -0.2) is 8.78 Å². The van der Waals surface area contributed by atoms with E-state index in [1.807, 2.05) is 20.8 Å². The molecule has 0 saturated carbocycles. The van der Waals surface area contributed by atoms with Crippen molar-refractivity contribution in [1.82, 2.24) is 0 Å². The van der Waals surface area contributed by atoms with Crippen LogP contribution in [0.2, 0.25) is 5.02 Å². The molecule has 0 saturated heterocycles. The van der Waals surface area contributed by atoms with Gasteiger partial charge < -0.3 is 0 Å². The third-order valence-corrected chi connectivity index (χ3v) is 2.94. The molecule has 1 rings (SSSR count). The average molecular weight is 247 g/mol. The average Bonchev–Trinajstić information content (AvgIpc) is 2.15. The van der Waals surface area contributed by atoms with Crippen LogP contribution in [-0.2, 0) is 5.41 Å². The first-order valence-electron chi connectivity index (χ1n) is 5.41. The minimum absolute atomic E-state index is 0.00316. The van der Waals surface area contributed by atoms with Gasteiger partial charge in [0.1, 0.15) is 12.0 Å². The zero-order valence-corrected chi connectivity index (χ0v) is 10.8. The number of alkyl halides is 1. The molecule has 16 heavy (non-hydrogen) atoms. The second kappa shape index (κ2) is 4.70. The molecule has 1 aromatic carbocycles. The molecule has 3 heteroatoms. The molecule has 0 bridgehead atoms. The largest absolute Gasteiger partial charge is 0.242 e. The van der Waals surface area contributed by atoms with E-state index in [4.69, 9.17) is 11.6 Å². The lowest BCUT2D eigenvalue weighted by atomic mass is 9.85. The molecule has 90 valence electrons. The van der Waals surface area contributed by atoms with Crippen LogP contribution in [0.5, 0.6) is 0 Å². The zero-order valence-electron chi connectivity index (χ0n) is 10.1. The molecule has 0 aromatic heterocycles. The number of benzene rings is 1. The van der Waals surface area contributed by atoms with E-state index in [1.54, 1.807) is 19.1 Å². The predicted octanol–water partition coefficient (Wildman–Crippen LogP) is 5.20. The van der Waals surface area contributed by atoms with E-state index in [0.717, 1.165) is 0 Å². The lowest BCUT2D eigenvalue weighted by molar-refractivity contribution is 0.321. The molecule has 0 radical (unpaired) electrons. The van der Waals surface area contributed by atoms with Crippen molar-refractivity contribution < 1.29 is 8.78 Å². The van der Waals surface area contributed by atoms with Crippen LogP contribution < -0.4 is 0 Å². The van der Waals surface area contributed by atoms with Gasteiger partial charge in [0.2, 0.25) is 0 Å². The topological polar surface area (TPSA) is 0 Å². The Morgan fingerprint density at radius 2 is 1.88 bits per heavy atom. The van der Waals surface area contributed by atoms with Gasteiger partial charge in [-0.1, -0.05) is 45.4 Å². The molecule has 0 heterocycles. The summed E-state index contributed by atoms with van der Waals surface area (Å²) in [4.78, 5) is 0. The molecular formula is C13H17ClF2. The summed E-state index contributed by atoms with van der Waals surface area (Å²) in [5.74, 6) is -0.505. The summed E-state index contributed by atoms with van der Waals surface area (Å²) in [6, 6.07) is 3.20. The Kier molecular flexibility index (Phi) is 3.95. The fourth-order valence-electron chi connectivity index (χ4n) is 1.64. The van der Waals surface area contributed by atoms with Gasteiger partial charge >= 0.3 is 0 Å². The molecule has 0 spiro atoms. The van der Waals surface area contributed by atoms with E-state index in [0.29, 0.717) is 5.56 Å². The maximum atomic E-state index is 14.1. The van der Waals surface area contributed by atoms with Crippen LogP contribution in [0.3, 0.4) is 0 Å². The quantitative estimate of drug-likeness (QED) is 0.673. The van der Waals surface area contributed by atoms with E-state index in [2.05, 4.69) is 0 Å². The highest BCUT2D eigenvalue weighted by Crippen LogP contribution is 2.36. The maximum Gasteiger partial charge on any atom is 0.134 e. The Labute approximate surface area is 101 Å². The Hall–Kier alpha value is -0.630. The Balaban J connectivity index is 3.39. The molecule has 0 N–H and O–H groups in total. The summed E-state index contributed by atoms with van der Waals surface area (Å²) < 4.78 is 27.8. The normalized spacial score (nSPS) is 13.9. The molecular weight excluding hydrogens is 230 g/mol. The van der Waals surface area contributed by atoms with Gasteiger partial charge in [-0.3, -0.25) is 0 Å². The molecule has 0 nitrogen and oxygen atoms in total. The van der Waals surface area contributed by atoms with Crippen LogP contribution in [-0.4, -0.2) is 0 Å². The van der Waals surface area contributed by atoms with Gasteiger partial charge in [0, 0.05) is 10.6 Å². The number of rotatable bonds is 2. The first-order valence-corrected chi connectivity index (χ1v) is 5.79. The van der Waals surface area contributed by atoms with Gasteiger partial charge in [-0.2, -0.15) is 0 Å². The van der Waals surface area contributed by atoms with E-state index < -0.39 is 12.0 Å². The highest BCUT2D eigenvalue weighted by Gasteiger charge is 2.25. The summed E-state index contributed by atoms with van der Waals surface area (Å²) in [5.41, 5.74) is 0.149. The monoisotopic (exact) mass is 246 g/mol. The number of hydrogen-bond acceptors (Lipinski definition) is 0. The van der Waals surface area contributed by atoms with Crippen molar-refractivity contribution in [3.63, 3.8) is 0 Å². The smallest absolute Gasteiger partial charge is 0.134 e. The van der Waals surface area contributed by atoms with Crippen molar-refractivity contribution in [2.75, 3.05) is 0 Å². The molecule has 1 aromatic rings. The van der Waals surface area contributed by atoms with Crippen LogP contribution in [0, 0.1) is 5.82 Å². The van der Waals surface area contributed by atoms with Crippen LogP contribution in [0.15, 0.2) is 12.1 Å². The maximum absolute atomic E-state index is 14.1. The van der Waals surface area contributed by atoms with E-state index in [9.17, 15) is 8.78 Å². The van der Waals surface area contributed by atoms with Gasteiger partial charge in [0.25, 0.3) is 0 Å². The number of halogens is 3. The third kappa shape index (κ3) is 2.54. The van der Waals surface area contributed by atoms with E-state index in [-0.39, 0.29) is 22.4 Å². The van der Waals surface area contributed by atoms with Crippen molar-refractivity contribution in [3.8, 4) is 0 Å². The van der Waals surface area contributed by atoms with Gasteiger partial charge in [0.15, 0.2) is 0 Å². The van der Waals surface area contributed by atoms with Crippen molar-refractivity contribution in [2.45, 2.75) is 45.7 Å². The van der Waals surface area contributed by atoms with Gasteiger partial charge in [0.05, 0.1) is 0 Å². The van der Waals surface area contributed by atoms with E-state index >= 15 is 0 Å². The summed E-state index contributed by atoms with van der Waals surface area (Å²) in [7, 11) is 0. The third-order valence-electron chi connectivity index (χ3n) is 2.61. The first-order chi connectivity index (χ1) is 7.29. The lowest BCUT2D eigenvalue weighted by Crippen LogP contribution is -2.15. The predicted molar refractivity (Wildman–Crippen MR) is 64.3 cm³/mol. The van der Waals surface area contributed by atoms with Crippen molar-refractivity contribution in [2.24, 2.45) is 0 Å². The highest BCUT2D eigenvalue weighted by atomic mass is 35.5. The molecule has 1 unspecified atom stereocenters. The molecule has 1 atom stereocenters. The van der Waals surface area contributed by atoms with Crippen LogP contribution in [0.4, 0.5) is 8.78 Å². The summed E-state index contributed by atoms with van der Waals surface area (Å²) >= 11 is 5.85.